The van der Waals surface area contributed by atoms with Gasteiger partial charge in [0.05, 0.1) is 0 Å². The lowest BCUT2D eigenvalue weighted by atomic mass is 10.0. The molecule has 6 nitrogen and oxygen atoms in total. The standard InChI is InChI=1S/C60H108O6/c1-4-7-10-13-16-18-20-22-24-25-26-27-28-29-30-31-32-33-34-35-37-38-40-42-44-47-50-53-59(62)65-56-57(55-64-58(61)52-49-46-15-12-9-6-3)66-60(63)54-51-48-45-43-41-39-36-23-21-19-17-14-11-8-5-2/h8,11,17,19,23,25-26,36,57H,4-7,9-10,12-16,18,20-22,24,27-35,37-56H2,1-3H3/b11-8-,19-17-,26-25-,36-23-. The predicted octanol–water partition coefficient (Wildman–Crippen LogP) is 19.0. The minimum absolute atomic E-state index is 0.0780. The van der Waals surface area contributed by atoms with Crippen LogP contribution in [0.5, 0.6) is 0 Å². The Balaban J connectivity index is 4.05. The minimum atomic E-state index is -0.777. The summed E-state index contributed by atoms with van der Waals surface area (Å²) < 4.78 is 16.7. The average molecular weight is 926 g/mol. The molecule has 0 N–H and O–H groups in total. The highest BCUT2D eigenvalue weighted by molar-refractivity contribution is 5.71. The van der Waals surface area contributed by atoms with Crippen LogP contribution in [-0.4, -0.2) is 37.2 Å². The Bertz CT molecular complexity index is 1150. The first-order valence-electron chi connectivity index (χ1n) is 28.6. The first kappa shape index (κ1) is 63.4. The molecule has 0 amide bonds. The monoisotopic (exact) mass is 925 g/mol. The molecule has 0 spiro atoms. The molecule has 0 radical (unpaired) electrons. The van der Waals surface area contributed by atoms with Crippen LogP contribution in [0.4, 0.5) is 0 Å². The second-order valence-electron chi connectivity index (χ2n) is 19.2. The summed E-state index contributed by atoms with van der Waals surface area (Å²) in [6.07, 6.45) is 67.2. The topological polar surface area (TPSA) is 78.9 Å². The molecule has 0 fully saturated rings. The van der Waals surface area contributed by atoms with Crippen LogP contribution < -0.4 is 0 Å². The Morgan fingerprint density at radius 2 is 0.591 bits per heavy atom. The number of hydrogen-bond donors (Lipinski definition) is 0. The predicted molar refractivity (Wildman–Crippen MR) is 284 cm³/mol. The van der Waals surface area contributed by atoms with Gasteiger partial charge >= 0.3 is 17.9 Å². The molecule has 0 aromatic rings. The highest BCUT2D eigenvalue weighted by Crippen LogP contribution is 2.16. The van der Waals surface area contributed by atoms with Crippen molar-refractivity contribution in [3.05, 3.63) is 48.6 Å². The molecular weight excluding hydrogens is 817 g/mol. The normalized spacial score (nSPS) is 12.3. The van der Waals surface area contributed by atoms with E-state index >= 15 is 0 Å². The van der Waals surface area contributed by atoms with Crippen LogP contribution in [0.15, 0.2) is 48.6 Å². The summed E-state index contributed by atoms with van der Waals surface area (Å²) in [5.41, 5.74) is 0. The fraction of sp³-hybridized carbons (Fsp3) is 0.817. The van der Waals surface area contributed by atoms with Gasteiger partial charge in [-0.2, -0.15) is 0 Å². The van der Waals surface area contributed by atoms with Crippen LogP contribution in [0, 0.1) is 0 Å². The van der Waals surface area contributed by atoms with Gasteiger partial charge in [0.2, 0.25) is 0 Å². The number of rotatable bonds is 52. The number of unbranched alkanes of at least 4 members (excludes halogenated alkanes) is 33. The van der Waals surface area contributed by atoms with Gasteiger partial charge in [0, 0.05) is 19.3 Å². The molecule has 0 aromatic carbocycles. The Kier molecular flexibility index (Phi) is 52.8. The van der Waals surface area contributed by atoms with Gasteiger partial charge in [-0.05, 0) is 77.0 Å². The van der Waals surface area contributed by atoms with Crippen molar-refractivity contribution in [2.75, 3.05) is 13.2 Å². The van der Waals surface area contributed by atoms with Crippen molar-refractivity contribution < 1.29 is 28.6 Å². The highest BCUT2D eigenvalue weighted by Gasteiger charge is 2.19. The summed E-state index contributed by atoms with van der Waals surface area (Å²) in [5, 5.41) is 0. The molecule has 384 valence electrons. The lowest BCUT2D eigenvalue weighted by Crippen LogP contribution is -2.30. The fourth-order valence-electron chi connectivity index (χ4n) is 8.28. The maximum Gasteiger partial charge on any atom is 0.306 e. The molecular formula is C60H108O6. The fourth-order valence-corrected chi connectivity index (χ4v) is 8.28. The van der Waals surface area contributed by atoms with E-state index in [2.05, 4.69) is 69.4 Å². The van der Waals surface area contributed by atoms with E-state index in [1.807, 2.05) is 0 Å². The second-order valence-corrected chi connectivity index (χ2v) is 19.2. The molecule has 0 bridgehead atoms. The molecule has 0 saturated heterocycles. The SMILES string of the molecule is CC/C=C\C/C=C\C/C=C\CCCCCCCC(=O)OC(COC(=O)CCCCCCCC)COC(=O)CCCCCCCCCCCCCCCCC/C=C\CCCCCCCCCC. The van der Waals surface area contributed by atoms with E-state index in [1.165, 1.54) is 161 Å². The van der Waals surface area contributed by atoms with Crippen molar-refractivity contribution in [3.8, 4) is 0 Å². The molecule has 1 atom stereocenters. The molecule has 0 aliphatic rings. The molecule has 0 aliphatic heterocycles. The smallest absolute Gasteiger partial charge is 0.306 e. The van der Waals surface area contributed by atoms with Gasteiger partial charge in [-0.25, -0.2) is 0 Å². The van der Waals surface area contributed by atoms with Crippen molar-refractivity contribution in [1.29, 1.82) is 0 Å². The highest BCUT2D eigenvalue weighted by atomic mass is 16.6. The number of ether oxygens (including phenoxy) is 3. The van der Waals surface area contributed by atoms with Gasteiger partial charge in [0.1, 0.15) is 13.2 Å². The van der Waals surface area contributed by atoms with Crippen LogP contribution in [0.3, 0.4) is 0 Å². The van der Waals surface area contributed by atoms with E-state index in [4.69, 9.17) is 14.2 Å². The van der Waals surface area contributed by atoms with Crippen molar-refractivity contribution in [1.82, 2.24) is 0 Å². The van der Waals surface area contributed by atoms with Crippen LogP contribution >= 0.6 is 0 Å². The van der Waals surface area contributed by atoms with Gasteiger partial charge in [0.15, 0.2) is 6.10 Å². The summed E-state index contributed by atoms with van der Waals surface area (Å²) >= 11 is 0. The van der Waals surface area contributed by atoms with Crippen molar-refractivity contribution in [3.63, 3.8) is 0 Å². The van der Waals surface area contributed by atoms with Gasteiger partial charge in [-0.15, -0.1) is 0 Å². The summed E-state index contributed by atoms with van der Waals surface area (Å²) in [4.78, 5) is 37.8. The number of allylic oxidation sites excluding steroid dienone is 8. The first-order chi connectivity index (χ1) is 32.5. The number of hydrogen-bond acceptors (Lipinski definition) is 6. The molecule has 6 heteroatoms. The Morgan fingerprint density at radius 3 is 0.939 bits per heavy atom. The number of esters is 3. The van der Waals surface area contributed by atoms with E-state index in [1.54, 1.807) is 0 Å². The van der Waals surface area contributed by atoms with Gasteiger partial charge in [0.25, 0.3) is 0 Å². The Hall–Kier alpha value is -2.63. The van der Waals surface area contributed by atoms with Crippen molar-refractivity contribution in [2.45, 2.75) is 303 Å². The van der Waals surface area contributed by atoms with Crippen LogP contribution in [0.2, 0.25) is 0 Å². The van der Waals surface area contributed by atoms with Crippen LogP contribution in [-0.2, 0) is 28.6 Å². The zero-order chi connectivity index (χ0) is 47.9. The molecule has 66 heavy (non-hydrogen) atoms. The van der Waals surface area contributed by atoms with E-state index in [9.17, 15) is 14.4 Å². The van der Waals surface area contributed by atoms with Crippen molar-refractivity contribution >= 4 is 17.9 Å². The Morgan fingerprint density at radius 1 is 0.318 bits per heavy atom. The lowest BCUT2D eigenvalue weighted by molar-refractivity contribution is -0.167. The van der Waals surface area contributed by atoms with Gasteiger partial charge in [-0.3, -0.25) is 14.4 Å². The molecule has 0 aliphatic carbocycles. The zero-order valence-electron chi connectivity index (χ0n) is 44.0. The quantitative estimate of drug-likeness (QED) is 0.0262. The van der Waals surface area contributed by atoms with Gasteiger partial charge in [-0.1, -0.05) is 249 Å². The zero-order valence-corrected chi connectivity index (χ0v) is 44.0. The molecule has 0 heterocycles. The van der Waals surface area contributed by atoms with E-state index in [0.29, 0.717) is 19.3 Å². The number of carbonyl (C=O) groups excluding carboxylic acids is 3. The van der Waals surface area contributed by atoms with E-state index in [-0.39, 0.29) is 31.1 Å². The van der Waals surface area contributed by atoms with Crippen LogP contribution in [0.25, 0.3) is 0 Å². The molecule has 0 aromatic heterocycles. The minimum Gasteiger partial charge on any atom is -0.462 e. The Labute approximate surface area is 409 Å². The summed E-state index contributed by atoms with van der Waals surface area (Å²) in [6, 6.07) is 0. The third kappa shape index (κ3) is 52.3. The average Bonchev–Trinajstić information content (AvgIpc) is 3.31. The van der Waals surface area contributed by atoms with Crippen LogP contribution in [0.1, 0.15) is 297 Å². The maximum absolute atomic E-state index is 12.8. The lowest BCUT2D eigenvalue weighted by Gasteiger charge is -2.18. The largest absolute Gasteiger partial charge is 0.462 e. The van der Waals surface area contributed by atoms with Crippen molar-refractivity contribution in [2.24, 2.45) is 0 Å². The molecule has 0 saturated carbocycles. The van der Waals surface area contributed by atoms with E-state index < -0.39 is 6.10 Å². The molecule has 1 unspecified atom stereocenters. The first-order valence-corrected chi connectivity index (χ1v) is 28.6. The van der Waals surface area contributed by atoms with Gasteiger partial charge < -0.3 is 14.2 Å². The maximum atomic E-state index is 12.8. The summed E-state index contributed by atoms with van der Waals surface area (Å²) in [7, 11) is 0. The third-order valence-electron chi connectivity index (χ3n) is 12.6. The summed E-state index contributed by atoms with van der Waals surface area (Å²) in [5.74, 6) is -0.895. The molecule has 0 rings (SSSR count). The second kappa shape index (κ2) is 55.0. The number of carbonyl (C=O) groups is 3. The van der Waals surface area contributed by atoms with E-state index in [0.717, 1.165) is 96.3 Å². The third-order valence-corrected chi connectivity index (χ3v) is 12.6. The summed E-state index contributed by atoms with van der Waals surface area (Å²) in [6.45, 7) is 6.48.